The second-order valence-corrected chi connectivity index (χ2v) is 6.82. The lowest BCUT2D eigenvalue weighted by atomic mass is 9.98. The zero-order valence-corrected chi connectivity index (χ0v) is 13.3. The Morgan fingerprint density at radius 1 is 1.17 bits per heavy atom. The van der Waals surface area contributed by atoms with Crippen LogP contribution >= 0.6 is 0 Å². The van der Waals surface area contributed by atoms with Crippen molar-refractivity contribution in [3.8, 4) is 0 Å². The monoisotopic (exact) mass is 304 g/mol. The first-order chi connectivity index (χ1) is 11.3. The van der Waals surface area contributed by atoms with Crippen molar-refractivity contribution in [3.05, 3.63) is 65.1 Å². The average molecular weight is 304 g/mol. The highest BCUT2D eigenvalue weighted by Crippen LogP contribution is 2.44. The maximum Gasteiger partial charge on any atom is 0.155 e. The zero-order valence-electron chi connectivity index (χ0n) is 13.3. The summed E-state index contributed by atoms with van der Waals surface area (Å²) in [5.74, 6) is 0. The Balaban J connectivity index is 1.56. The molecule has 1 fully saturated rings. The first-order valence-electron chi connectivity index (χ1n) is 8.43. The molecule has 2 atom stereocenters. The Morgan fingerprint density at radius 2 is 2.04 bits per heavy atom. The van der Waals surface area contributed by atoms with E-state index in [4.69, 9.17) is 0 Å². The molecule has 0 spiro atoms. The van der Waals surface area contributed by atoms with Crippen LogP contribution in [0.4, 0.5) is 0 Å². The predicted octanol–water partition coefficient (Wildman–Crippen LogP) is 3.30. The standard InChI is InChI=1S/C19H20N4/c1-13-9-19-20-11-16-17-8-7-15(10-18(16)23(19)21-13)22(17)12-14-5-3-2-4-6-14/h2-6,9,11,15,17H,7-8,10,12H2,1H3/t15-,17+/m0/s1. The molecule has 4 heteroatoms. The van der Waals surface area contributed by atoms with E-state index in [2.05, 4.69) is 62.1 Å². The lowest BCUT2D eigenvalue weighted by Crippen LogP contribution is -2.38. The minimum Gasteiger partial charge on any atom is -0.289 e. The molecule has 0 N–H and O–H groups in total. The molecule has 116 valence electrons. The Kier molecular flexibility index (Phi) is 2.82. The fourth-order valence-corrected chi connectivity index (χ4v) is 4.34. The molecule has 0 saturated carbocycles. The van der Waals surface area contributed by atoms with Gasteiger partial charge in [-0.3, -0.25) is 4.90 Å². The Labute approximate surface area is 135 Å². The quantitative estimate of drug-likeness (QED) is 0.728. The largest absolute Gasteiger partial charge is 0.289 e. The molecule has 2 bridgehead atoms. The lowest BCUT2D eigenvalue weighted by Gasteiger charge is -2.36. The summed E-state index contributed by atoms with van der Waals surface area (Å²) in [6.07, 6.45) is 5.68. The SMILES string of the molecule is Cc1cc2ncc3c(n2n1)C[C@@H]1CC[C@H]3N1Cc1ccccc1. The van der Waals surface area contributed by atoms with E-state index in [1.54, 1.807) is 0 Å². The number of fused-ring (bicyclic) bond motifs is 6. The number of hydrogen-bond donors (Lipinski definition) is 0. The molecular formula is C19H20N4. The van der Waals surface area contributed by atoms with Gasteiger partial charge in [0.2, 0.25) is 0 Å². The molecule has 4 nitrogen and oxygen atoms in total. The van der Waals surface area contributed by atoms with Crippen LogP contribution in [0.2, 0.25) is 0 Å². The summed E-state index contributed by atoms with van der Waals surface area (Å²) < 4.78 is 2.08. The van der Waals surface area contributed by atoms with Crippen LogP contribution < -0.4 is 0 Å². The van der Waals surface area contributed by atoms with Gasteiger partial charge in [-0.15, -0.1) is 0 Å². The minimum absolute atomic E-state index is 0.491. The first-order valence-corrected chi connectivity index (χ1v) is 8.43. The molecule has 0 amide bonds. The van der Waals surface area contributed by atoms with Gasteiger partial charge in [0.25, 0.3) is 0 Å². The van der Waals surface area contributed by atoms with Crippen LogP contribution in [0.25, 0.3) is 5.65 Å². The molecule has 0 radical (unpaired) electrons. The molecule has 0 unspecified atom stereocenters. The van der Waals surface area contributed by atoms with Crippen molar-refractivity contribution in [2.24, 2.45) is 0 Å². The van der Waals surface area contributed by atoms with E-state index in [9.17, 15) is 0 Å². The van der Waals surface area contributed by atoms with Crippen molar-refractivity contribution in [2.45, 2.75) is 44.8 Å². The second kappa shape index (κ2) is 4.90. The smallest absolute Gasteiger partial charge is 0.155 e. The number of rotatable bonds is 2. The van der Waals surface area contributed by atoms with Gasteiger partial charge in [0, 0.05) is 42.9 Å². The van der Waals surface area contributed by atoms with Crippen LogP contribution in [0.1, 0.15) is 41.4 Å². The van der Waals surface area contributed by atoms with Gasteiger partial charge < -0.3 is 0 Å². The summed E-state index contributed by atoms with van der Waals surface area (Å²) in [6.45, 7) is 3.08. The van der Waals surface area contributed by atoms with Crippen molar-refractivity contribution in [3.63, 3.8) is 0 Å². The Hall–Kier alpha value is -2.20. The maximum absolute atomic E-state index is 4.67. The summed E-state index contributed by atoms with van der Waals surface area (Å²) in [5, 5.41) is 4.67. The summed E-state index contributed by atoms with van der Waals surface area (Å²) >= 11 is 0. The molecule has 4 heterocycles. The summed E-state index contributed by atoms with van der Waals surface area (Å²) in [4.78, 5) is 7.32. The number of aryl methyl sites for hydroxylation is 1. The van der Waals surface area contributed by atoms with Crippen LogP contribution in [0, 0.1) is 6.92 Å². The van der Waals surface area contributed by atoms with Gasteiger partial charge in [0.1, 0.15) is 0 Å². The van der Waals surface area contributed by atoms with Crippen LogP contribution in [0.15, 0.2) is 42.6 Å². The third kappa shape index (κ3) is 2.01. The highest BCUT2D eigenvalue weighted by atomic mass is 15.3. The van der Waals surface area contributed by atoms with E-state index in [0.29, 0.717) is 12.1 Å². The zero-order chi connectivity index (χ0) is 15.4. The molecular weight excluding hydrogens is 284 g/mol. The molecule has 2 aliphatic heterocycles. The number of benzene rings is 1. The second-order valence-electron chi connectivity index (χ2n) is 6.82. The van der Waals surface area contributed by atoms with Gasteiger partial charge >= 0.3 is 0 Å². The van der Waals surface area contributed by atoms with Gasteiger partial charge in [-0.05, 0) is 25.3 Å². The summed E-state index contributed by atoms with van der Waals surface area (Å²) in [5.41, 5.74) is 6.18. The van der Waals surface area contributed by atoms with Crippen LogP contribution in [0.3, 0.4) is 0 Å². The summed E-state index contributed by atoms with van der Waals surface area (Å²) in [6, 6.07) is 14.0. The highest BCUT2D eigenvalue weighted by molar-refractivity contribution is 5.44. The van der Waals surface area contributed by atoms with Crippen LogP contribution in [0.5, 0.6) is 0 Å². The number of hydrogen-bond acceptors (Lipinski definition) is 3. The van der Waals surface area contributed by atoms with E-state index < -0.39 is 0 Å². The minimum atomic E-state index is 0.491. The van der Waals surface area contributed by atoms with E-state index in [1.807, 2.05) is 6.92 Å². The summed E-state index contributed by atoms with van der Waals surface area (Å²) in [7, 11) is 0. The molecule has 1 aromatic carbocycles. The average Bonchev–Trinajstić information content (AvgIpc) is 3.07. The fourth-order valence-electron chi connectivity index (χ4n) is 4.34. The van der Waals surface area contributed by atoms with E-state index >= 15 is 0 Å². The normalized spacial score (nSPS) is 23.3. The van der Waals surface area contributed by atoms with Gasteiger partial charge in [-0.2, -0.15) is 5.10 Å². The van der Waals surface area contributed by atoms with Gasteiger partial charge in [-0.1, -0.05) is 30.3 Å². The predicted molar refractivity (Wildman–Crippen MR) is 89.2 cm³/mol. The van der Waals surface area contributed by atoms with E-state index in [-0.39, 0.29) is 0 Å². The molecule has 3 aromatic rings. The van der Waals surface area contributed by atoms with Gasteiger partial charge in [0.05, 0.1) is 11.4 Å². The van der Waals surface area contributed by atoms with Gasteiger partial charge in [-0.25, -0.2) is 9.50 Å². The highest BCUT2D eigenvalue weighted by Gasteiger charge is 2.41. The Morgan fingerprint density at radius 3 is 2.91 bits per heavy atom. The molecule has 2 aliphatic rings. The van der Waals surface area contributed by atoms with Crippen molar-refractivity contribution >= 4 is 5.65 Å². The third-order valence-electron chi connectivity index (χ3n) is 5.38. The van der Waals surface area contributed by atoms with Crippen LogP contribution in [-0.2, 0) is 13.0 Å². The van der Waals surface area contributed by atoms with Crippen molar-refractivity contribution in [1.29, 1.82) is 0 Å². The van der Waals surface area contributed by atoms with Crippen molar-refractivity contribution in [2.75, 3.05) is 0 Å². The fraction of sp³-hybridized carbons (Fsp3) is 0.368. The van der Waals surface area contributed by atoms with E-state index in [1.165, 1.54) is 29.7 Å². The topological polar surface area (TPSA) is 33.4 Å². The molecule has 1 saturated heterocycles. The third-order valence-corrected chi connectivity index (χ3v) is 5.38. The van der Waals surface area contributed by atoms with Crippen LogP contribution in [-0.4, -0.2) is 25.5 Å². The molecule has 0 aliphatic carbocycles. The lowest BCUT2D eigenvalue weighted by molar-refractivity contribution is 0.165. The van der Waals surface area contributed by atoms with E-state index in [0.717, 1.165) is 24.3 Å². The first kappa shape index (κ1) is 13.3. The van der Waals surface area contributed by atoms with Crippen molar-refractivity contribution < 1.29 is 0 Å². The van der Waals surface area contributed by atoms with Crippen molar-refractivity contribution in [1.82, 2.24) is 19.5 Å². The van der Waals surface area contributed by atoms with Gasteiger partial charge in [0.15, 0.2) is 5.65 Å². The maximum atomic E-state index is 4.67. The molecule has 2 aromatic heterocycles. The molecule has 23 heavy (non-hydrogen) atoms. The number of aromatic nitrogens is 3. The Bertz CT molecular complexity index is 868. The number of nitrogens with zero attached hydrogens (tertiary/aromatic N) is 4. The molecule has 5 rings (SSSR count).